The molecule has 4 heteroatoms. The second kappa shape index (κ2) is 4.44. The molecule has 0 bridgehead atoms. The van der Waals surface area contributed by atoms with Crippen LogP contribution in [0.25, 0.3) is 0 Å². The van der Waals surface area contributed by atoms with Crippen LogP contribution in [-0.4, -0.2) is 11.1 Å². The zero-order chi connectivity index (χ0) is 10.7. The van der Waals surface area contributed by atoms with E-state index in [4.69, 9.17) is 22.4 Å². The largest absolute Gasteiger partial charge is 0.481 e. The summed E-state index contributed by atoms with van der Waals surface area (Å²) >= 11 is 5.90. The Morgan fingerprint density at radius 3 is 2.86 bits per heavy atom. The number of hydrogen-bond donors (Lipinski definition) is 2. The number of aryl methyl sites for hydroxylation is 1. The molecule has 1 aromatic carbocycles. The molecule has 0 spiro atoms. The van der Waals surface area contributed by atoms with Crippen LogP contribution in [0, 0.1) is 6.92 Å². The molecule has 14 heavy (non-hydrogen) atoms. The minimum atomic E-state index is -0.921. The van der Waals surface area contributed by atoms with E-state index in [-0.39, 0.29) is 6.42 Å². The van der Waals surface area contributed by atoms with Crippen LogP contribution in [0.5, 0.6) is 0 Å². The second-order valence-corrected chi connectivity index (χ2v) is 3.64. The van der Waals surface area contributed by atoms with Crippen LogP contribution in [0.2, 0.25) is 5.02 Å². The van der Waals surface area contributed by atoms with E-state index in [1.165, 1.54) is 0 Å². The third-order valence-corrected chi connectivity index (χ3v) is 2.29. The molecular formula is C10H12ClNO2. The minimum absolute atomic E-state index is 0.108. The predicted octanol–water partition coefficient (Wildman–Crippen LogP) is 2.12. The van der Waals surface area contributed by atoms with Gasteiger partial charge in [-0.25, -0.2) is 0 Å². The van der Waals surface area contributed by atoms with Gasteiger partial charge in [-0.3, -0.25) is 4.79 Å². The predicted molar refractivity (Wildman–Crippen MR) is 55.4 cm³/mol. The van der Waals surface area contributed by atoms with Gasteiger partial charge in [-0.1, -0.05) is 29.3 Å². The van der Waals surface area contributed by atoms with Crippen LogP contribution < -0.4 is 5.73 Å². The Balaban J connectivity index is 2.93. The molecule has 0 aliphatic heterocycles. The van der Waals surface area contributed by atoms with Crippen molar-refractivity contribution in [3.8, 4) is 0 Å². The van der Waals surface area contributed by atoms with Crippen molar-refractivity contribution in [1.82, 2.24) is 0 Å². The highest BCUT2D eigenvalue weighted by Gasteiger charge is 2.13. The van der Waals surface area contributed by atoms with E-state index in [1.54, 1.807) is 6.07 Å². The van der Waals surface area contributed by atoms with E-state index in [0.717, 1.165) is 5.56 Å². The Morgan fingerprint density at radius 2 is 2.29 bits per heavy atom. The SMILES string of the molecule is Cc1ccc(Cl)c(C(N)CC(=O)O)c1. The Hall–Kier alpha value is -1.06. The van der Waals surface area contributed by atoms with Crippen LogP contribution in [-0.2, 0) is 4.79 Å². The second-order valence-electron chi connectivity index (χ2n) is 3.23. The summed E-state index contributed by atoms with van der Waals surface area (Å²) in [6, 6.07) is 4.86. The molecule has 1 rings (SSSR count). The Labute approximate surface area is 87.5 Å². The summed E-state index contributed by atoms with van der Waals surface area (Å²) in [5, 5.41) is 9.10. The molecular weight excluding hydrogens is 202 g/mol. The molecule has 0 amide bonds. The molecule has 0 fully saturated rings. The summed E-state index contributed by atoms with van der Waals surface area (Å²) in [6.07, 6.45) is -0.108. The molecule has 3 N–H and O–H groups in total. The van der Waals surface area contributed by atoms with Gasteiger partial charge in [-0.2, -0.15) is 0 Å². The van der Waals surface area contributed by atoms with Gasteiger partial charge >= 0.3 is 5.97 Å². The number of hydrogen-bond acceptors (Lipinski definition) is 2. The lowest BCUT2D eigenvalue weighted by Crippen LogP contribution is -2.15. The molecule has 1 aromatic rings. The number of carboxylic acids is 1. The van der Waals surface area contributed by atoms with Gasteiger partial charge in [0.25, 0.3) is 0 Å². The van der Waals surface area contributed by atoms with Crippen LogP contribution in [0.1, 0.15) is 23.6 Å². The normalized spacial score (nSPS) is 12.5. The third kappa shape index (κ3) is 2.72. The number of aliphatic carboxylic acids is 1. The van der Waals surface area contributed by atoms with Gasteiger partial charge in [0.05, 0.1) is 6.42 Å². The van der Waals surface area contributed by atoms with Gasteiger partial charge in [0.15, 0.2) is 0 Å². The summed E-state index contributed by atoms with van der Waals surface area (Å²) in [7, 11) is 0. The van der Waals surface area contributed by atoms with E-state index in [0.29, 0.717) is 10.6 Å². The first-order valence-corrected chi connectivity index (χ1v) is 4.62. The van der Waals surface area contributed by atoms with Gasteiger partial charge < -0.3 is 10.8 Å². The van der Waals surface area contributed by atoms with E-state index in [1.807, 2.05) is 19.1 Å². The Kier molecular flexibility index (Phi) is 3.49. The fourth-order valence-electron chi connectivity index (χ4n) is 1.25. The van der Waals surface area contributed by atoms with Gasteiger partial charge in [-0.05, 0) is 18.6 Å². The van der Waals surface area contributed by atoms with Crippen LogP contribution in [0.3, 0.4) is 0 Å². The Bertz CT molecular complexity index is 352. The highest BCUT2D eigenvalue weighted by Crippen LogP contribution is 2.24. The average molecular weight is 214 g/mol. The maximum absolute atomic E-state index is 10.5. The van der Waals surface area contributed by atoms with E-state index >= 15 is 0 Å². The number of benzene rings is 1. The molecule has 0 aromatic heterocycles. The van der Waals surface area contributed by atoms with Crippen LogP contribution in [0.4, 0.5) is 0 Å². The molecule has 3 nitrogen and oxygen atoms in total. The highest BCUT2D eigenvalue weighted by molar-refractivity contribution is 6.31. The molecule has 1 atom stereocenters. The molecule has 0 heterocycles. The average Bonchev–Trinajstić information content (AvgIpc) is 2.08. The molecule has 1 unspecified atom stereocenters. The third-order valence-electron chi connectivity index (χ3n) is 1.95. The number of rotatable bonds is 3. The molecule has 0 radical (unpaired) electrons. The molecule has 76 valence electrons. The minimum Gasteiger partial charge on any atom is -0.481 e. The Morgan fingerprint density at radius 1 is 1.64 bits per heavy atom. The number of carbonyl (C=O) groups is 1. The first kappa shape index (κ1) is 11.0. The van der Waals surface area contributed by atoms with Crippen molar-refractivity contribution >= 4 is 17.6 Å². The number of carboxylic acid groups (broad SMARTS) is 1. The van der Waals surface area contributed by atoms with Gasteiger partial charge in [0.1, 0.15) is 0 Å². The first-order chi connectivity index (χ1) is 6.50. The summed E-state index contributed by atoms with van der Waals surface area (Å²) in [5.74, 6) is -0.921. The molecule has 0 saturated carbocycles. The lowest BCUT2D eigenvalue weighted by atomic mass is 10.0. The van der Waals surface area contributed by atoms with E-state index < -0.39 is 12.0 Å². The van der Waals surface area contributed by atoms with Gasteiger partial charge in [0.2, 0.25) is 0 Å². The van der Waals surface area contributed by atoms with E-state index in [9.17, 15) is 4.79 Å². The van der Waals surface area contributed by atoms with Crippen molar-refractivity contribution in [3.05, 3.63) is 34.3 Å². The monoisotopic (exact) mass is 213 g/mol. The number of halogens is 1. The fourth-order valence-corrected chi connectivity index (χ4v) is 1.50. The fraction of sp³-hybridized carbons (Fsp3) is 0.300. The maximum Gasteiger partial charge on any atom is 0.305 e. The van der Waals surface area contributed by atoms with Crippen LogP contribution in [0.15, 0.2) is 18.2 Å². The van der Waals surface area contributed by atoms with Crippen molar-refractivity contribution in [2.75, 3.05) is 0 Å². The summed E-state index contributed by atoms with van der Waals surface area (Å²) in [4.78, 5) is 10.5. The smallest absolute Gasteiger partial charge is 0.305 e. The first-order valence-electron chi connectivity index (χ1n) is 4.24. The molecule has 0 saturated heterocycles. The van der Waals surface area contributed by atoms with Crippen LogP contribution >= 0.6 is 11.6 Å². The summed E-state index contributed by atoms with van der Waals surface area (Å²) in [5.41, 5.74) is 7.41. The van der Waals surface area contributed by atoms with Crippen molar-refractivity contribution in [2.24, 2.45) is 5.73 Å². The van der Waals surface area contributed by atoms with Crippen molar-refractivity contribution in [1.29, 1.82) is 0 Å². The number of nitrogens with two attached hydrogens (primary N) is 1. The van der Waals surface area contributed by atoms with Gasteiger partial charge in [0, 0.05) is 11.1 Å². The molecule has 0 aliphatic rings. The zero-order valence-corrected chi connectivity index (χ0v) is 8.58. The zero-order valence-electron chi connectivity index (χ0n) is 7.83. The van der Waals surface area contributed by atoms with Gasteiger partial charge in [-0.15, -0.1) is 0 Å². The topological polar surface area (TPSA) is 63.3 Å². The lowest BCUT2D eigenvalue weighted by Gasteiger charge is -2.11. The van der Waals surface area contributed by atoms with E-state index in [2.05, 4.69) is 0 Å². The quantitative estimate of drug-likeness (QED) is 0.809. The molecule has 0 aliphatic carbocycles. The summed E-state index contributed by atoms with van der Waals surface area (Å²) < 4.78 is 0. The highest BCUT2D eigenvalue weighted by atomic mass is 35.5. The lowest BCUT2D eigenvalue weighted by molar-refractivity contribution is -0.137. The summed E-state index contributed by atoms with van der Waals surface area (Å²) in [6.45, 7) is 1.91. The van der Waals surface area contributed by atoms with Crippen molar-refractivity contribution in [3.63, 3.8) is 0 Å². The van der Waals surface area contributed by atoms with Crippen molar-refractivity contribution in [2.45, 2.75) is 19.4 Å². The standard InChI is InChI=1S/C10H12ClNO2/c1-6-2-3-8(11)7(4-6)9(12)5-10(13)14/h2-4,9H,5,12H2,1H3,(H,13,14). The maximum atomic E-state index is 10.5. The van der Waals surface area contributed by atoms with Crippen molar-refractivity contribution < 1.29 is 9.90 Å².